The molecule has 132 valence electrons. The lowest BCUT2D eigenvalue weighted by Gasteiger charge is -2.21. The van der Waals surface area contributed by atoms with E-state index in [-0.39, 0.29) is 12.2 Å². The number of benzene rings is 1. The van der Waals surface area contributed by atoms with Gasteiger partial charge in [-0.2, -0.15) is 0 Å². The second-order valence-electron chi connectivity index (χ2n) is 5.01. The Morgan fingerprint density at radius 1 is 1.28 bits per heavy atom. The Bertz CT molecular complexity index is 762. The Kier molecular flexibility index (Phi) is 6.66. The molecule has 1 N–H and O–H groups in total. The summed E-state index contributed by atoms with van der Waals surface area (Å²) in [7, 11) is 0. The number of amides is 1. The van der Waals surface area contributed by atoms with Gasteiger partial charge in [-0.3, -0.25) is 9.59 Å². The van der Waals surface area contributed by atoms with Crippen LogP contribution in [0.15, 0.2) is 36.4 Å². The molecule has 2 unspecified atom stereocenters. The molecular weight excluding hydrogens is 369 g/mol. The van der Waals surface area contributed by atoms with Crippen LogP contribution in [0.25, 0.3) is 0 Å². The minimum atomic E-state index is -1.15. The first-order valence-electron chi connectivity index (χ1n) is 7.39. The SMILES string of the molecule is CCOC(=O)C(c1ccc(Cl)s1)C(C=O)NC(=O)c1ccc(F)cc1. The van der Waals surface area contributed by atoms with Gasteiger partial charge in [0, 0.05) is 10.4 Å². The molecule has 0 fully saturated rings. The van der Waals surface area contributed by atoms with Gasteiger partial charge in [0.25, 0.3) is 5.91 Å². The van der Waals surface area contributed by atoms with Gasteiger partial charge in [-0.25, -0.2) is 4.39 Å². The van der Waals surface area contributed by atoms with Crippen molar-refractivity contribution in [1.82, 2.24) is 5.32 Å². The van der Waals surface area contributed by atoms with Gasteiger partial charge in [-0.05, 0) is 43.3 Å². The van der Waals surface area contributed by atoms with Crippen molar-refractivity contribution in [2.24, 2.45) is 0 Å². The van der Waals surface area contributed by atoms with E-state index in [4.69, 9.17) is 16.3 Å². The van der Waals surface area contributed by atoms with Crippen molar-refractivity contribution in [3.8, 4) is 0 Å². The number of hydrogen-bond acceptors (Lipinski definition) is 5. The summed E-state index contributed by atoms with van der Waals surface area (Å²) >= 11 is 7.03. The summed E-state index contributed by atoms with van der Waals surface area (Å²) in [6.07, 6.45) is 0.469. The molecule has 1 aromatic heterocycles. The van der Waals surface area contributed by atoms with Gasteiger partial charge < -0.3 is 14.8 Å². The lowest BCUT2D eigenvalue weighted by atomic mass is 9.98. The molecule has 2 atom stereocenters. The van der Waals surface area contributed by atoms with E-state index in [0.29, 0.717) is 15.5 Å². The largest absolute Gasteiger partial charge is 0.465 e. The van der Waals surface area contributed by atoms with Crippen molar-refractivity contribution in [2.75, 3.05) is 6.61 Å². The van der Waals surface area contributed by atoms with E-state index < -0.39 is 29.7 Å². The number of carbonyl (C=O) groups is 3. The Balaban J connectivity index is 2.26. The number of rotatable bonds is 7. The van der Waals surface area contributed by atoms with Crippen molar-refractivity contribution in [2.45, 2.75) is 18.9 Å². The fourth-order valence-electron chi connectivity index (χ4n) is 2.20. The van der Waals surface area contributed by atoms with Gasteiger partial charge in [0.15, 0.2) is 0 Å². The van der Waals surface area contributed by atoms with Crippen LogP contribution in [0, 0.1) is 5.82 Å². The van der Waals surface area contributed by atoms with Crippen molar-refractivity contribution in [3.05, 3.63) is 57.0 Å². The third kappa shape index (κ3) is 4.87. The van der Waals surface area contributed by atoms with Gasteiger partial charge in [0.05, 0.1) is 10.9 Å². The molecule has 0 bridgehead atoms. The van der Waals surface area contributed by atoms with Crippen LogP contribution in [0.3, 0.4) is 0 Å². The molecule has 0 saturated carbocycles. The van der Waals surface area contributed by atoms with E-state index in [1.165, 1.54) is 12.1 Å². The summed E-state index contributed by atoms with van der Waals surface area (Å²) in [5.41, 5.74) is 0.167. The smallest absolute Gasteiger partial charge is 0.316 e. The van der Waals surface area contributed by atoms with Gasteiger partial charge in [-0.1, -0.05) is 11.6 Å². The number of thiophene rings is 1. The van der Waals surface area contributed by atoms with E-state index in [1.807, 2.05) is 0 Å². The monoisotopic (exact) mass is 383 g/mol. The average molecular weight is 384 g/mol. The van der Waals surface area contributed by atoms with E-state index in [1.54, 1.807) is 19.1 Å². The summed E-state index contributed by atoms with van der Waals surface area (Å²) in [5.74, 6) is -2.74. The predicted molar refractivity (Wildman–Crippen MR) is 92.4 cm³/mol. The van der Waals surface area contributed by atoms with Crippen LogP contribution in [0.5, 0.6) is 0 Å². The van der Waals surface area contributed by atoms with Crippen LogP contribution in [0.4, 0.5) is 4.39 Å². The molecule has 1 heterocycles. The van der Waals surface area contributed by atoms with Crippen LogP contribution in [-0.4, -0.2) is 30.8 Å². The number of carbonyl (C=O) groups excluding carboxylic acids is 3. The Labute approximate surface area is 152 Å². The fraction of sp³-hybridized carbons (Fsp3) is 0.235. The molecule has 1 amide bonds. The molecule has 1 aromatic carbocycles. The number of halogens is 2. The summed E-state index contributed by atoms with van der Waals surface area (Å²) in [6.45, 7) is 1.77. The van der Waals surface area contributed by atoms with Gasteiger partial charge in [-0.15, -0.1) is 11.3 Å². The lowest BCUT2D eigenvalue weighted by molar-refractivity contribution is -0.146. The highest BCUT2D eigenvalue weighted by atomic mass is 35.5. The molecule has 0 aliphatic carbocycles. The number of hydrogen-bond donors (Lipinski definition) is 1. The molecule has 0 saturated heterocycles. The third-order valence-electron chi connectivity index (χ3n) is 3.35. The van der Waals surface area contributed by atoms with Gasteiger partial charge in [0.2, 0.25) is 0 Å². The van der Waals surface area contributed by atoms with Crippen molar-refractivity contribution in [3.63, 3.8) is 0 Å². The van der Waals surface area contributed by atoms with Gasteiger partial charge >= 0.3 is 5.97 Å². The molecular formula is C17H15ClFNO4S. The third-order valence-corrected chi connectivity index (χ3v) is 4.67. The predicted octanol–water partition coefficient (Wildman–Crippen LogP) is 3.18. The van der Waals surface area contributed by atoms with E-state index >= 15 is 0 Å². The normalized spacial score (nSPS) is 12.9. The Morgan fingerprint density at radius 2 is 1.96 bits per heavy atom. The Hall–Kier alpha value is -2.25. The first-order valence-corrected chi connectivity index (χ1v) is 8.59. The molecule has 0 aliphatic heterocycles. The minimum absolute atomic E-state index is 0.131. The van der Waals surface area contributed by atoms with Gasteiger partial charge in [0.1, 0.15) is 24.1 Å². The maximum Gasteiger partial charge on any atom is 0.316 e. The van der Waals surface area contributed by atoms with Crippen LogP contribution in [0.2, 0.25) is 4.34 Å². The molecule has 0 spiro atoms. The number of esters is 1. The first-order chi connectivity index (χ1) is 12.0. The van der Waals surface area contributed by atoms with Crippen LogP contribution >= 0.6 is 22.9 Å². The van der Waals surface area contributed by atoms with Crippen molar-refractivity contribution in [1.29, 1.82) is 0 Å². The maximum atomic E-state index is 13.0. The van der Waals surface area contributed by atoms with E-state index in [2.05, 4.69) is 5.32 Å². The van der Waals surface area contributed by atoms with Crippen LogP contribution in [-0.2, 0) is 14.3 Å². The number of ether oxygens (including phenoxy) is 1. The molecule has 8 heteroatoms. The average Bonchev–Trinajstić information content (AvgIpc) is 3.00. The zero-order valence-corrected chi connectivity index (χ0v) is 14.8. The summed E-state index contributed by atoms with van der Waals surface area (Å²) in [6, 6.07) is 6.89. The van der Waals surface area contributed by atoms with Crippen molar-refractivity contribution >= 4 is 41.1 Å². The second kappa shape index (κ2) is 8.73. The molecule has 0 radical (unpaired) electrons. The molecule has 2 rings (SSSR count). The van der Waals surface area contributed by atoms with Crippen LogP contribution < -0.4 is 5.32 Å². The molecule has 2 aromatic rings. The number of nitrogens with one attached hydrogen (secondary N) is 1. The summed E-state index contributed by atoms with van der Waals surface area (Å²) < 4.78 is 18.4. The first kappa shape index (κ1) is 19.1. The summed E-state index contributed by atoms with van der Waals surface area (Å²) in [5, 5.41) is 2.48. The zero-order chi connectivity index (χ0) is 18.4. The highest BCUT2D eigenvalue weighted by Crippen LogP contribution is 2.31. The lowest BCUT2D eigenvalue weighted by Crippen LogP contribution is -2.43. The highest BCUT2D eigenvalue weighted by Gasteiger charge is 2.33. The number of aldehydes is 1. The molecule has 5 nitrogen and oxygen atoms in total. The zero-order valence-electron chi connectivity index (χ0n) is 13.2. The van der Waals surface area contributed by atoms with E-state index in [9.17, 15) is 18.8 Å². The second-order valence-corrected chi connectivity index (χ2v) is 6.76. The Morgan fingerprint density at radius 3 is 2.48 bits per heavy atom. The highest BCUT2D eigenvalue weighted by molar-refractivity contribution is 7.16. The standard InChI is InChI=1S/C17H15ClFNO4S/c1-2-24-17(23)15(13-7-8-14(18)25-13)12(9-21)20-16(22)10-3-5-11(19)6-4-10/h3-9,12,15H,2H2,1H3,(H,20,22). The topological polar surface area (TPSA) is 72.5 Å². The fourth-order valence-corrected chi connectivity index (χ4v) is 3.40. The molecule has 25 heavy (non-hydrogen) atoms. The van der Waals surface area contributed by atoms with Crippen molar-refractivity contribution < 1.29 is 23.5 Å². The quantitative estimate of drug-likeness (QED) is 0.588. The summed E-state index contributed by atoms with van der Waals surface area (Å²) in [4.78, 5) is 36.6. The van der Waals surface area contributed by atoms with E-state index in [0.717, 1.165) is 23.5 Å². The maximum absolute atomic E-state index is 13.0. The van der Waals surface area contributed by atoms with Crippen LogP contribution in [0.1, 0.15) is 28.1 Å². The minimum Gasteiger partial charge on any atom is -0.465 e. The molecule has 0 aliphatic rings.